The average molecular weight is 465 g/mol. The molecular formula is C16H16BrF3N4O4. The van der Waals surface area contributed by atoms with E-state index in [9.17, 15) is 28.1 Å². The predicted octanol–water partition coefficient (Wildman–Crippen LogP) is 4.48. The van der Waals surface area contributed by atoms with Crippen LogP contribution in [0.15, 0.2) is 22.7 Å². The van der Waals surface area contributed by atoms with Gasteiger partial charge in [-0.05, 0) is 48.8 Å². The summed E-state index contributed by atoms with van der Waals surface area (Å²) in [5.41, 5.74) is -1.57. The highest BCUT2D eigenvalue weighted by Crippen LogP contribution is 2.36. The first-order chi connectivity index (χ1) is 13.0. The standard InChI is InChI=1S/C16H16BrF3N4O4/c1-4-28-10-5-6-11(12(7-10)24(26)27)21-15(25)9(3)23-8(2)13(17)14(22-23)16(18,19)20/h5-7,9H,4H2,1-3H3,(H,21,25). The molecule has 2 aromatic rings. The first-order valence-electron chi connectivity index (χ1n) is 8.01. The Hall–Kier alpha value is -2.63. The van der Waals surface area contributed by atoms with E-state index >= 15 is 0 Å². The van der Waals surface area contributed by atoms with Crippen molar-refractivity contribution in [3.05, 3.63) is 44.2 Å². The summed E-state index contributed by atoms with van der Waals surface area (Å²) in [6.45, 7) is 4.72. The van der Waals surface area contributed by atoms with Crippen LogP contribution < -0.4 is 10.1 Å². The SMILES string of the molecule is CCOc1ccc(NC(=O)C(C)n2nc(C(F)(F)F)c(Br)c2C)c([N+](=O)[O-])c1. The summed E-state index contributed by atoms with van der Waals surface area (Å²) in [5, 5.41) is 17.1. The van der Waals surface area contributed by atoms with E-state index in [0.29, 0.717) is 6.61 Å². The largest absolute Gasteiger partial charge is 0.494 e. The van der Waals surface area contributed by atoms with Gasteiger partial charge in [-0.25, -0.2) is 0 Å². The smallest absolute Gasteiger partial charge is 0.436 e. The van der Waals surface area contributed by atoms with Gasteiger partial charge >= 0.3 is 6.18 Å². The monoisotopic (exact) mass is 464 g/mol. The molecule has 8 nitrogen and oxygen atoms in total. The number of halogens is 4. The first-order valence-corrected chi connectivity index (χ1v) is 8.80. The number of rotatable bonds is 6. The number of ether oxygens (including phenoxy) is 1. The zero-order valence-electron chi connectivity index (χ0n) is 15.0. The second-order valence-electron chi connectivity index (χ2n) is 5.72. The van der Waals surface area contributed by atoms with Crippen LogP contribution >= 0.6 is 15.9 Å². The summed E-state index contributed by atoms with van der Waals surface area (Å²) >= 11 is 2.84. The Morgan fingerprint density at radius 3 is 2.61 bits per heavy atom. The Balaban J connectivity index is 2.32. The number of hydrogen-bond donors (Lipinski definition) is 1. The van der Waals surface area contributed by atoms with Crippen LogP contribution in [0.5, 0.6) is 5.75 Å². The molecule has 0 radical (unpaired) electrons. The zero-order chi connectivity index (χ0) is 21.2. The Kier molecular flexibility index (Phi) is 6.32. The minimum atomic E-state index is -4.70. The molecule has 0 fully saturated rings. The third-order valence-electron chi connectivity index (χ3n) is 3.83. The Morgan fingerprint density at radius 1 is 1.46 bits per heavy atom. The number of nitro groups is 1. The highest BCUT2D eigenvalue weighted by Gasteiger charge is 2.39. The summed E-state index contributed by atoms with van der Waals surface area (Å²) in [5.74, 6) is -0.513. The van der Waals surface area contributed by atoms with Crippen molar-refractivity contribution in [2.75, 3.05) is 11.9 Å². The van der Waals surface area contributed by atoms with Gasteiger partial charge in [-0.15, -0.1) is 0 Å². The van der Waals surface area contributed by atoms with Crippen LogP contribution in [0.1, 0.15) is 31.3 Å². The number of alkyl halides is 3. The van der Waals surface area contributed by atoms with Crippen LogP contribution in [0.25, 0.3) is 0 Å². The number of hydrogen-bond acceptors (Lipinski definition) is 5. The van der Waals surface area contributed by atoms with Gasteiger partial charge in [-0.3, -0.25) is 19.6 Å². The molecule has 12 heteroatoms. The number of amides is 1. The van der Waals surface area contributed by atoms with Gasteiger partial charge in [0.25, 0.3) is 5.69 Å². The fraction of sp³-hybridized carbons (Fsp3) is 0.375. The lowest BCUT2D eigenvalue weighted by molar-refractivity contribution is -0.384. The van der Waals surface area contributed by atoms with Gasteiger partial charge in [-0.2, -0.15) is 18.3 Å². The second kappa shape index (κ2) is 8.17. The molecule has 152 valence electrons. The van der Waals surface area contributed by atoms with E-state index in [4.69, 9.17) is 4.74 Å². The molecule has 1 aromatic carbocycles. The van der Waals surface area contributed by atoms with Crippen molar-refractivity contribution < 1.29 is 27.6 Å². The summed E-state index contributed by atoms with van der Waals surface area (Å²) in [6.07, 6.45) is -4.70. The molecule has 0 aliphatic rings. The van der Waals surface area contributed by atoms with E-state index in [2.05, 4.69) is 26.3 Å². The van der Waals surface area contributed by atoms with Crippen LogP contribution in [0.2, 0.25) is 0 Å². The first kappa shape index (κ1) is 21.7. The molecule has 0 spiro atoms. The van der Waals surface area contributed by atoms with E-state index < -0.39 is 34.4 Å². The van der Waals surface area contributed by atoms with Crippen LogP contribution in [-0.2, 0) is 11.0 Å². The highest BCUT2D eigenvalue weighted by atomic mass is 79.9. The van der Waals surface area contributed by atoms with Crippen molar-refractivity contribution in [2.24, 2.45) is 0 Å². The molecule has 1 N–H and O–H groups in total. The Morgan fingerprint density at radius 2 is 2.11 bits per heavy atom. The lowest BCUT2D eigenvalue weighted by atomic mass is 10.2. The van der Waals surface area contributed by atoms with E-state index in [-0.39, 0.29) is 21.6 Å². The van der Waals surface area contributed by atoms with Gasteiger partial charge in [-0.1, -0.05) is 0 Å². The predicted molar refractivity (Wildman–Crippen MR) is 97.3 cm³/mol. The van der Waals surface area contributed by atoms with Gasteiger partial charge in [0.1, 0.15) is 17.5 Å². The quantitative estimate of drug-likeness (QED) is 0.501. The van der Waals surface area contributed by atoms with Gasteiger partial charge < -0.3 is 10.1 Å². The molecular weight excluding hydrogens is 449 g/mol. The van der Waals surface area contributed by atoms with E-state index in [1.54, 1.807) is 6.92 Å². The van der Waals surface area contributed by atoms with Crippen LogP contribution in [0.4, 0.5) is 24.5 Å². The summed E-state index contributed by atoms with van der Waals surface area (Å²) in [4.78, 5) is 23.1. The number of carbonyl (C=O) groups is 1. The maximum absolute atomic E-state index is 13.0. The van der Waals surface area contributed by atoms with Crippen LogP contribution in [0.3, 0.4) is 0 Å². The molecule has 0 saturated heterocycles. The van der Waals surface area contributed by atoms with Gasteiger partial charge in [0.05, 0.1) is 27.8 Å². The minimum Gasteiger partial charge on any atom is -0.494 e. The van der Waals surface area contributed by atoms with Crippen LogP contribution in [-0.4, -0.2) is 27.2 Å². The summed E-state index contributed by atoms with van der Waals surface area (Å²) < 4.78 is 44.8. The number of anilines is 1. The molecule has 0 saturated carbocycles. The lowest BCUT2D eigenvalue weighted by Gasteiger charge is -2.15. The highest BCUT2D eigenvalue weighted by molar-refractivity contribution is 9.10. The maximum Gasteiger partial charge on any atom is 0.436 e. The van der Waals surface area contributed by atoms with Crippen molar-refractivity contribution in [3.63, 3.8) is 0 Å². The van der Waals surface area contributed by atoms with Crippen molar-refractivity contribution >= 4 is 33.2 Å². The second-order valence-corrected chi connectivity index (χ2v) is 6.52. The normalized spacial score (nSPS) is 12.5. The summed E-state index contributed by atoms with van der Waals surface area (Å²) in [7, 11) is 0. The van der Waals surface area contributed by atoms with Gasteiger partial charge in [0, 0.05) is 0 Å². The number of nitro benzene ring substituents is 1. The van der Waals surface area contributed by atoms with Crippen LogP contribution in [0, 0.1) is 17.0 Å². The number of aromatic nitrogens is 2. The van der Waals surface area contributed by atoms with Crippen molar-refractivity contribution in [1.29, 1.82) is 0 Å². The molecule has 0 bridgehead atoms. The molecule has 1 unspecified atom stereocenters. The van der Waals surface area contributed by atoms with E-state index in [0.717, 1.165) is 10.7 Å². The maximum atomic E-state index is 13.0. The molecule has 28 heavy (non-hydrogen) atoms. The topological polar surface area (TPSA) is 99.3 Å². The Bertz CT molecular complexity index is 914. The molecule has 1 heterocycles. The van der Waals surface area contributed by atoms with Gasteiger partial charge in [0.2, 0.25) is 5.91 Å². The fourth-order valence-electron chi connectivity index (χ4n) is 2.43. The number of carbonyl (C=O) groups excluding carboxylic acids is 1. The molecule has 1 amide bonds. The third-order valence-corrected chi connectivity index (χ3v) is 4.78. The van der Waals surface area contributed by atoms with Gasteiger partial charge in [0.15, 0.2) is 5.69 Å². The molecule has 0 aliphatic carbocycles. The van der Waals surface area contributed by atoms with Crippen molar-refractivity contribution in [3.8, 4) is 5.75 Å². The van der Waals surface area contributed by atoms with E-state index in [1.807, 2.05) is 0 Å². The molecule has 0 aliphatic heterocycles. The average Bonchev–Trinajstić information content (AvgIpc) is 2.91. The number of benzene rings is 1. The zero-order valence-corrected chi connectivity index (χ0v) is 16.6. The Labute approximate surface area is 165 Å². The minimum absolute atomic E-state index is 0.0937. The summed E-state index contributed by atoms with van der Waals surface area (Å²) in [6, 6.07) is 2.73. The van der Waals surface area contributed by atoms with Crippen molar-refractivity contribution in [1.82, 2.24) is 9.78 Å². The molecule has 1 atom stereocenters. The van der Waals surface area contributed by atoms with Crippen molar-refractivity contribution in [2.45, 2.75) is 33.0 Å². The molecule has 1 aromatic heterocycles. The fourth-order valence-corrected chi connectivity index (χ4v) is 2.92. The third kappa shape index (κ3) is 4.43. The number of nitrogens with zero attached hydrogens (tertiary/aromatic N) is 3. The number of nitrogens with one attached hydrogen (secondary N) is 1. The van der Waals surface area contributed by atoms with E-state index in [1.165, 1.54) is 26.0 Å². The molecule has 2 rings (SSSR count). The lowest BCUT2D eigenvalue weighted by Crippen LogP contribution is -2.26.